The first-order valence-corrected chi connectivity index (χ1v) is 12.1. The molecule has 4 nitrogen and oxygen atoms in total. The van der Waals surface area contributed by atoms with E-state index >= 15 is 0 Å². The highest BCUT2D eigenvalue weighted by molar-refractivity contribution is 6.09. The lowest BCUT2D eigenvalue weighted by atomic mass is 9.83. The summed E-state index contributed by atoms with van der Waals surface area (Å²) in [6.07, 6.45) is 9.92. The van der Waals surface area contributed by atoms with Gasteiger partial charge in [-0.1, -0.05) is 35.9 Å². The SMILES string of the molecule is CC1(CCN2CCC(=C(c3ccc(F)cc3)c3ccc(F)cc3)CC2)CN=C2C=CC=CN2C1=O. The average Bonchev–Trinajstić information content (AvgIpc) is 2.89. The van der Waals surface area contributed by atoms with E-state index in [0.29, 0.717) is 6.54 Å². The molecule has 6 heteroatoms. The van der Waals surface area contributed by atoms with Crippen molar-refractivity contribution in [2.45, 2.75) is 26.2 Å². The maximum absolute atomic E-state index is 13.6. The molecule has 3 heterocycles. The Hall–Kier alpha value is -3.38. The lowest BCUT2D eigenvalue weighted by molar-refractivity contribution is -0.136. The molecule has 0 N–H and O–H groups in total. The lowest BCUT2D eigenvalue weighted by Gasteiger charge is -2.38. The van der Waals surface area contributed by atoms with Crippen molar-refractivity contribution >= 4 is 17.3 Å². The van der Waals surface area contributed by atoms with Crippen molar-refractivity contribution in [3.63, 3.8) is 0 Å². The molecule has 0 radical (unpaired) electrons. The zero-order valence-corrected chi connectivity index (χ0v) is 19.9. The molecule has 1 fully saturated rings. The van der Waals surface area contributed by atoms with Crippen LogP contribution >= 0.6 is 0 Å². The summed E-state index contributed by atoms with van der Waals surface area (Å²) >= 11 is 0. The Kier molecular flexibility index (Phi) is 6.48. The quantitative estimate of drug-likeness (QED) is 0.568. The highest BCUT2D eigenvalue weighted by Gasteiger charge is 2.41. The first-order valence-electron chi connectivity index (χ1n) is 12.1. The number of nitrogens with zero attached hydrogens (tertiary/aromatic N) is 3. The van der Waals surface area contributed by atoms with Crippen molar-refractivity contribution in [2.75, 3.05) is 26.2 Å². The number of halogens is 2. The van der Waals surface area contributed by atoms with Crippen molar-refractivity contribution in [3.8, 4) is 0 Å². The van der Waals surface area contributed by atoms with Gasteiger partial charge in [-0.3, -0.25) is 14.7 Å². The van der Waals surface area contributed by atoms with Gasteiger partial charge in [0.2, 0.25) is 5.91 Å². The van der Waals surface area contributed by atoms with Crippen molar-refractivity contribution in [1.29, 1.82) is 0 Å². The molecule has 2 aromatic carbocycles. The molecule has 1 unspecified atom stereocenters. The Morgan fingerprint density at radius 3 is 2.14 bits per heavy atom. The molecule has 0 aliphatic carbocycles. The highest BCUT2D eigenvalue weighted by atomic mass is 19.1. The summed E-state index contributed by atoms with van der Waals surface area (Å²) in [5.41, 5.74) is 3.73. The minimum Gasteiger partial charge on any atom is -0.303 e. The Labute approximate surface area is 205 Å². The molecule has 1 amide bonds. The van der Waals surface area contributed by atoms with Crippen molar-refractivity contribution in [3.05, 3.63) is 101 Å². The summed E-state index contributed by atoms with van der Waals surface area (Å²) in [5, 5.41) is 0. The molecule has 5 rings (SSSR count). The van der Waals surface area contributed by atoms with Gasteiger partial charge < -0.3 is 4.90 Å². The van der Waals surface area contributed by atoms with Crippen LogP contribution in [-0.4, -0.2) is 47.7 Å². The largest absolute Gasteiger partial charge is 0.303 e. The Morgan fingerprint density at radius 1 is 0.943 bits per heavy atom. The molecular formula is C29H29F2N3O. The fourth-order valence-corrected chi connectivity index (χ4v) is 5.04. The van der Waals surface area contributed by atoms with Crippen LogP contribution in [0.3, 0.4) is 0 Å². The Morgan fingerprint density at radius 2 is 1.54 bits per heavy atom. The molecule has 1 atom stereocenters. The summed E-state index contributed by atoms with van der Waals surface area (Å²) in [6, 6.07) is 13.1. The predicted octanol–water partition coefficient (Wildman–Crippen LogP) is 5.58. The summed E-state index contributed by atoms with van der Waals surface area (Å²) in [4.78, 5) is 21.8. The number of benzene rings is 2. The molecular weight excluding hydrogens is 444 g/mol. The van der Waals surface area contributed by atoms with E-state index in [1.165, 1.54) is 29.8 Å². The minimum absolute atomic E-state index is 0.107. The van der Waals surface area contributed by atoms with Gasteiger partial charge in [0.15, 0.2) is 0 Å². The maximum atomic E-state index is 13.6. The van der Waals surface area contributed by atoms with E-state index in [4.69, 9.17) is 0 Å². The van der Waals surface area contributed by atoms with Gasteiger partial charge >= 0.3 is 0 Å². The number of allylic oxidation sites excluding steroid dienone is 2. The van der Waals surface area contributed by atoms with Crippen LogP contribution in [-0.2, 0) is 4.79 Å². The van der Waals surface area contributed by atoms with E-state index in [2.05, 4.69) is 9.89 Å². The molecule has 0 saturated carbocycles. The second-order valence-electron chi connectivity index (χ2n) is 9.69. The average molecular weight is 474 g/mol. The molecule has 3 aliphatic rings. The molecule has 0 aromatic heterocycles. The molecule has 0 spiro atoms. The van der Waals surface area contributed by atoms with Crippen LogP contribution in [0.2, 0.25) is 0 Å². The van der Waals surface area contributed by atoms with Gasteiger partial charge in [-0.2, -0.15) is 0 Å². The van der Waals surface area contributed by atoms with Gasteiger partial charge in [0.25, 0.3) is 0 Å². The lowest BCUT2D eigenvalue weighted by Crippen LogP contribution is -2.50. The standard InChI is InChI=1S/C29H29F2N3O/c1-29(20-32-26-4-2-3-16-34(26)28(29)35)15-19-33-17-13-23(14-18-33)27(21-5-9-24(30)10-6-21)22-7-11-25(31)12-8-22/h2-12,16H,13-15,17-20H2,1H3. The normalized spacial score (nSPS) is 22.3. The van der Waals surface area contributed by atoms with Crippen LogP contribution in [0.25, 0.3) is 5.57 Å². The van der Waals surface area contributed by atoms with Crippen LogP contribution in [0.1, 0.15) is 37.3 Å². The molecule has 180 valence electrons. The Bertz CT molecular complexity index is 1170. The minimum atomic E-state index is -0.511. The second-order valence-corrected chi connectivity index (χ2v) is 9.69. The zero-order chi connectivity index (χ0) is 24.4. The first-order chi connectivity index (χ1) is 16.9. The number of hydrogen-bond donors (Lipinski definition) is 0. The molecule has 1 saturated heterocycles. The van der Waals surface area contributed by atoms with Crippen molar-refractivity contribution in [1.82, 2.24) is 9.80 Å². The number of carbonyl (C=O) groups excluding carboxylic acids is 1. The Balaban J connectivity index is 1.29. The third-order valence-electron chi connectivity index (χ3n) is 7.22. The van der Waals surface area contributed by atoms with Crippen LogP contribution in [0, 0.1) is 17.0 Å². The van der Waals surface area contributed by atoms with E-state index in [1.807, 2.05) is 25.2 Å². The molecule has 35 heavy (non-hydrogen) atoms. The first kappa shape index (κ1) is 23.4. The van der Waals surface area contributed by atoms with E-state index < -0.39 is 5.41 Å². The van der Waals surface area contributed by atoms with Crippen LogP contribution in [0.15, 0.2) is 83.5 Å². The van der Waals surface area contributed by atoms with Gasteiger partial charge in [0.1, 0.15) is 17.5 Å². The summed E-state index contributed by atoms with van der Waals surface area (Å²) in [7, 11) is 0. The fraction of sp³-hybridized carbons (Fsp3) is 0.310. The summed E-state index contributed by atoms with van der Waals surface area (Å²) < 4.78 is 27.1. The number of aliphatic imine (C=N–C) groups is 1. The van der Waals surface area contributed by atoms with E-state index in [0.717, 1.165) is 61.4 Å². The van der Waals surface area contributed by atoms with Gasteiger partial charge in [-0.15, -0.1) is 0 Å². The molecule has 2 aromatic rings. The second kappa shape index (κ2) is 9.70. The number of amides is 1. The van der Waals surface area contributed by atoms with E-state index in [1.54, 1.807) is 35.4 Å². The van der Waals surface area contributed by atoms with Gasteiger partial charge in [-0.05, 0) is 85.8 Å². The maximum Gasteiger partial charge on any atom is 0.240 e. The third-order valence-corrected chi connectivity index (χ3v) is 7.22. The third kappa shape index (κ3) is 4.89. The van der Waals surface area contributed by atoms with Gasteiger partial charge in [0, 0.05) is 19.3 Å². The topological polar surface area (TPSA) is 35.9 Å². The fourth-order valence-electron chi connectivity index (χ4n) is 5.04. The highest BCUT2D eigenvalue weighted by Crippen LogP contribution is 2.34. The van der Waals surface area contributed by atoms with Crippen LogP contribution in [0.5, 0.6) is 0 Å². The van der Waals surface area contributed by atoms with Crippen molar-refractivity contribution < 1.29 is 13.6 Å². The number of carbonyl (C=O) groups is 1. The van der Waals surface area contributed by atoms with Gasteiger partial charge in [-0.25, -0.2) is 8.78 Å². The number of amidine groups is 1. The predicted molar refractivity (Wildman–Crippen MR) is 135 cm³/mol. The monoisotopic (exact) mass is 473 g/mol. The van der Waals surface area contributed by atoms with E-state index in [9.17, 15) is 13.6 Å². The van der Waals surface area contributed by atoms with Crippen molar-refractivity contribution in [2.24, 2.45) is 10.4 Å². The number of likely N-dealkylation sites (tertiary alicyclic amines) is 1. The zero-order valence-electron chi connectivity index (χ0n) is 19.9. The van der Waals surface area contributed by atoms with E-state index in [-0.39, 0.29) is 17.5 Å². The number of hydrogen-bond acceptors (Lipinski definition) is 3. The molecule has 0 bridgehead atoms. The van der Waals surface area contributed by atoms with Crippen LogP contribution in [0.4, 0.5) is 8.78 Å². The number of fused-ring (bicyclic) bond motifs is 1. The number of piperidine rings is 1. The smallest absolute Gasteiger partial charge is 0.240 e. The van der Waals surface area contributed by atoms with Gasteiger partial charge in [0.05, 0.1) is 12.0 Å². The number of rotatable bonds is 5. The summed E-state index contributed by atoms with van der Waals surface area (Å²) in [6.45, 7) is 5.11. The van der Waals surface area contributed by atoms with Crippen LogP contribution < -0.4 is 0 Å². The summed E-state index contributed by atoms with van der Waals surface area (Å²) in [5.74, 6) is 0.281. The molecule has 3 aliphatic heterocycles.